The number of hydrogen-bond acceptors (Lipinski definition) is 2. The second kappa shape index (κ2) is 7.52. The van der Waals surface area contributed by atoms with Crippen LogP contribution >= 0.6 is 0 Å². The number of aliphatic hydroxyl groups is 1. The van der Waals surface area contributed by atoms with Crippen LogP contribution < -0.4 is 0 Å². The van der Waals surface area contributed by atoms with E-state index in [1.807, 2.05) is 27.7 Å². The van der Waals surface area contributed by atoms with Crippen molar-refractivity contribution in [3.8, 4) is 0 Å². The van der Waals surface area contributed by atoms with Crippen LogP contribution in [-0.2, 0) is 4.79 Å². The molecular formula is C15H28O2. The van der Waals surface area contributed by atoms with Gasteiger partial charge < -0.3 is 5.11 Å². The lowest BCUT2D eigenvalue weighted by molar-refractivity contribution is -0.118. The summed E-state index contributed by atoms with van der Waals surface area (Å²) in [6, 6.07) is 0. The highest BCUT2D eigenvalue weighted by atomic mass is 16.3. The van der Waals surface area contributed by atoms with E-state index in [4.69, 9.17) is 0 Å². The summed E-state index contributed by atoms with van der Waals surface area (Å²) in [7, 11) is 0. The molecule has 0 aromatic rings. The Labute approximate surface area is 106 Å². The first-order valence-electron chi connectivity index (χ1n) is 6.90. The fraction of sp³-hybridized carbons (Fsp3) is 0.800. The molecule has 0 aliphatic carbocycles. The third-order valence-electron chi connectivity index (χ3n) is 3.99. The van der Waals surface area contributed by atoms with Gasteiger partial charge in [0.05, 0.1) is 0 Å². The molecule has 0 heterocycles. The van der Waals surface area contributed by atoms with E-state index in [0.29, 0.717) is 0 Å². The van der Waals surface area contributed by atoms with Crippen molar-refractivity contribution in [2.45, 2.75) is 66.7 Å². The lowest BCUT2D eigenvalue weighted by Gasteiger charge is -2.26. The van der Waals surface area contributed by atoms with Gasteiger partial charge in [0.2, 0.25) is 0 Å². The van der Waals surface area contributed by atoms with Gasteiger partial charge in [0, 0.05) is 17.4 Å². The first-order valence-corrected chi connectivity index (χ1v) is 6.90. The third-order valence-corrected chi connectivity index (χ3v) is 3.99. The molecule has 1 atom stereocenters. The van der Waals surface area contributed by atoms with Gasteiger partial charge in [0.1, 0.15) is 5.76 Å². The topological polar surface area (TPSA) is 37.3 Å². The summed E-state index contributed by atoms with van der Waals surface area (Å²) in [4.78, 5) is 12.0. The first kappa shape index (κ1) is 16.2. The number of ketones is 1. The van der Waals surface area contributed by atoms with E-state index in [9.17, 15) is 9.90 Å². The van der Waals surface area contributed by atoms with E-state index in [0.717, 1.165) is 32.1 Å². The lowest BCUT2D eigenvalue weighted by Crippen LogP contribution is -2.20. The van der Waals surface area contributed by atoms with Gasteiger partial charge in [-0.25, -0.2) is 0 Å². The molecule has 0 rings (SSSR count). The summed E-state index contributed by atoms with van der Waals surface area (Å²) >= 11 is 0. The van der Waals surface area contributed by atoms with Crippen LogP contribution in [0.4, 0.5) is 0 Å². The highest BCUT2D eigenvalue weighted by Gasteiger charge is 2.26. The van der Waals surface area contributed by atoms with Crippen LogP contribution in [0.2, 0.25) is 0 Å². The van der Waals surface area contributed by atoms with Crippen molar-refractivity contribution in [2.24, 2.45) is 11.3 Å². The van der Waals surface area contributed by atoms with Crippen LogP contribution in [0.5, 0.6) is 0 Å². The Balaban J connectivity index is 4.82. The SMILES string of the molecule is CCCC(CC)C(=O)C=C(O)C(C)(CC)CC. The molecule has 0 saturated heterocycles. The molecule has 1 unspecified atom stereocenters. The predicted molar refractivity (Wildman–Crippen MR) is 73.1 cm³/mol. The molecule has 2 heteroatoms. The second-order valence-corrected chi connectivity index (χ2v) is 5.09. The fourth-order valence-electron chi connectivity index (χ4n) is 1.94. The van der Waals surface area contributed by atoms with E-state index in [1.54, 1.807) is 0 Å². The highest BCUT2D eigenvalue weighted by Crippen LogP contribution is 2.33. The largest absolute Gasteiger partial charge is 0.512 e. The summed E-state index contributed by atoms with van der Waals surface area (Å²) in [6.45, 7) is 10.2. The Bertz CT molecular complexity index is 262. The first-order chi connectivity index (χ1) is 7.95. The summed E-state index contributed by atoms with van der Waals surface area (Å²) in [5.41, 5.74) is -0.250. The lowest BCUT2D eigenvalue weighted by atomic mass is 9.81. The molecule has 17 heavy (non-hydrogen) atoms. The summed E-state index contributed by atoms with van der Waals surface area (Å²) in [6.07, 6.45) is 5.95. The molecule has 0 saturated carbocycles. The third kappa shape index (κ3) is 4.53. The Hall–Kier alpha value is -0.790. The average Bonchev–Trinajstić information content (AvgIpc) is 2.34. The Morgan fingerprint density at radius 1 is 1.24 bits per heavy atom. The molecule has 1 N–H and O–H groups in total. The van der Waals surface area contributed by atoms with E-state index < -0.39 is 0 Å². The number of carbonyl (C=O) groups is 1. The molecule has 0 bridgehead atoms. The molecule has 2 nitrogen and oxygen atoms in total. The fourth-order valence-corrected chi connectivity index (χ4v) is 1.94. The molecule has 100 valence electrons. The van der Waals surface area contributed by atoms with Crippen molar-refractivity contribution in [3.05, 3.63) is 11.8 Å². The quantitative estimate of drug-likeness (QED) is 0.495. The molecule has 0 fully saturated rings. The molecular weight excluding hydrogens is 212 g/mol. The number of hydrogen-bond donors (Lipinski definition) is 1. The van der Waals surface area contributed by atoms with Crippen molar-refractivity contribution in [2.75, 3.05) is 0 Å². The average molecular weight is 240 g/mol. The van der Waals surface area contributed by atoms with Crippen LogP contribution in [0.15, 0.2) is 11.8 Å². The molecule has 0 spiro atoms. The van der Waals surface area contributed by atoms with Gasteiger partial charge in [-0.05, 0) is 25.7 Å². The van der Waals surface area contributed by atoms with Crippen LogP contribution in [0.25, 0.3) is 0 Å². The minimum absolute atomic E-state index is 0.0695. The monoisotopic (exact) mass is 240 g/mol. The minimum atomic E-state index is -0.250. The van der Waals surface area contributed by atoms with Gasteiger partial charge >= 0.3 is 0 Å². The molecule has 0 amide bonds. The van der Waals surface area contributed by atoms with E-state index >= 15 is 0 Å². The van der Waals surface area contributed by atoms with E-state index in [-0.39, 0.29) is 22.9 Å². The molecule has 0 aromatic carbocycles. The van der Waals surface area contributed by atoms with Gasteiger partial charge in [0.25, 0.3) is 0 Å². The van der Waals surface area contributed by atoms with Gasteiger partial charge in [-0.15, -0.1) is 0 Å². The Kier molecular flexibility index (Phi) is 7.17. The molecule has 0 aromatic heterocycles. The van der Waals surface area contributed by atoms with Crippen molar-refractivity contribution in [1.29, 1.82) is 0 Å². The number of aliphatic hydroxyl groups excluding tert-OH is 1. The van der Waals surface area contributed by atoms with Crippen molar-refractivity contribution >= 4 is 5.78 Å². The van der Waals surface area contributed by atoms with E-state index in [1.165, 1.54) is 6.08 Å². The summed E-state index contributed by atoms with van der Waals surface area (Å²) in [5.74, 6) is 0.405. The van der Waals surface area contributed by atoms with Gasteiger partial charge in [-0.3, -0.25) is 4.79 Å². The second-order valence-electron chi connectivity index (χ2n) is 5.09. The maximum atomic E-state index is 12.0. The maximum absolute atomic E-state index is 12.0. The zero-order valence-electron chi connectivity index (χ0n) is 12.0. The summed E-state index contributed by atoms with van der Waals surface area (Å²) in [5, 5.41) is 10.1. The van der Waals surface area contributed by atoms with Crippen molar-refractivity contribution < 1.29 is 9.90 Å². The predicted octanol–water partition coefficient (Wildman–Crippen LogP) is 4.65. The smallest absolute Gasteiger partial charge is 0.162 e. The van der Waals surface area contributed by atoms with Crippen LogP contribution in [0.3, 0.4) is 0 Å². The number of rotatable bonds is 8. The van der Waals surface area contributed by atoms with Crippen LogP contribution in [0.1, 0.15) is 66.7 Å². The normalized spacial score (nSPS) is 14.8. The molecule has 0 aliphatic rings. The van der Waals surface area contributed by atoms with Gasteiger partial charge in [-0.1, -0.05) is 41.0 Å². The van der Waals surface area contributed by atoms with Crippen molar-refractivity contribution in [3.63, 3.8) is 0 Å². The van der Waals surface area contributed by atoms with Gasteiger partial charge in [0.15, 0.2) is 5.78 Å². The zero-order valence-corrected chi connectivity index (χ0v) is 12.0. The number of allylic oxidation sites excluding steroid dienone is 2. The molecule has 0 radical (unpaired) electrons. The van der Waals surface area contributed by atoms with Crippen molar-refractivity contribution in [1.82, 2.24) is 0 Å². The molecule has 0 aliphatic heterocycles. The number of carbonyl (C=O) groups excluding carboxylic acids is 1. The van der Waals surface area contributed by atoms with E-state index in [2.05, 4.69) is 6.92 Å². The standard InChI is InChI=1S/C15H28O2/c1-6-10-12(7-2)13(16)11-14(17)15(5,8-3)9-4/h11-12,17H,6-10H2,1-5H3. The van der Waals surface area contributed by atoms with Gasteiger partial charge in [-0.2, -0.15) is 0 Å². The Morgan fingerprint density at radius 3 is 2.12 bits per heavy atom. The van der Waals surface area contributed by atoms with Crippen LogP contribution in [0, 0.1) is 11.3 Å². The minimum Gasteiger partial charge on any atom is -0.512 e. The highest BCUT2D eigenvalue weighted by molar-refractivity contribution is 5.92. The zero-order chi connectivity index (χ0) is 13.5. The maximum Gasteiger partial charge on any atom is 0.162 e. The van der Waals surface area contributed by atoms with Crippen LogP contribution in [-0.4, -0.2) is 10.9 Å². The summed E-state index contributed by atoms with van der Waals surface area (Å²) < 4.78 is 0. The Morgan fingerprint density at radius 2 is 1.76 bits per heavy atom.